The van der Waals surface area contributed by atoms with Crippen LogP contribution in [0.3, 0.4) is 0 Å². The third-order valence-electron chi connectivity index (χ3n) is 2.92. The Morgan fingerprint density at radius 1 is 1.45 bits per heavy atom. The molecule has 1 unspecified atom stereocenters. The van der Waals surface area contributed by atoms with E-state index in [1.54, 1.807) is 0 Å². The van der Waals surface area contributed by atoms with Gasteiger partial charge in [-0.25, -0.2) is 9.78 Å². The van der Waals surface area contributed by atoms with Gasteiger partial charge in [0.1, 0.15) is 17.1 Å². The molecule has 8 heteroatoms. The Balaban J connectivity index is 2.29. The van der Waals surface area contributed by atoms with Crippen molar-refractivity contribution in [1.82, 2.24) is 4.98 Å². The standard InChI is InChI=1S/C12H13F3N2O3/c13-12(14,15)9-4-3-8(11(18)19)10(17-9)16-7-2-1-5-20-6-7/h3-4,7H,1-2,5-6H2,(H,16,17)(H,18,19). The summed E-state index contributed by atoms with van der Waals surface area (Å²) in [5, 5.41) is 11.7. The minimum atomic E-state index is -4.61. The van der Waals surface area contributed by atoms with Gasteiger partial charge in [-0.05, 0) is 25.0 Å². The van der Waals surface area contributed by atoms with Crippen LogP contribution >= 0.6 is 0 Å². The highest BCUT2D eigenvalue weighted by Gasteiger charge is 2.34. The third kappa shape index (κ3) is 3.38. The molecule has 0 bridgehead atoms. The molecule has 20 heavy (non-hydrogen) atoms. The number of halogens is 3. The van der Waals surface area contributed by atoms with Crippen molar-refractivity contribution >= 4 is 11.8 Å². The van der Waals surface area contributed by atoms with Crippen molar-refractivity contribution in [3.63, 3.8) is 0 Å². The molecule has 0 saturated carbocycles. The van der Waals surface area contributed by atoms with Crippen molar-refractivity contribution in [3.05, 3.63) is 23.4 Å². The monoisotopic (exact) mass is 290 g/mol. The number of carboxylic acids is 1. The highest BCUT2D eigenvalue weighted by Crippen LogP contribution is 2.30. The molecule has 110 valence electrons. The van der Waals surface area contributed by atoms with Crippen LogP contribution in [0.25, 0.3) is 0 Å². The maximum atomic E-state index is 12.6. The van der Waals surface area contributed by atoms with Gasteiger partial charge in [-0.15, -0.1) is 0 Å². The van der Waals surface area contributed by atoms with E-state index in [1.807, 2.05) is 0 Å². The number of pyridine rings is 1. The van der Waals surface area contributed by atoms with E-state index in [-0.39, 0.29) is 17.4 Å². The molecule has 0 spiro atoms. The molecule has 1 fully saturated rings. The number of anilines is 1. The molecule has 1 saturated heterocycles. The molecule has 2 N–H and O–H groups in total. The predicted molar refractivity (Wildman–Crippen MR) is 63.7 cm³/mol. The number of ether oxygens (including phenoxy) is 1. The lowest BCUT2D eigenvalue weighted by Crippen LogP contribution is -2.31. The van der Waals surface area contributed by atoms with Gasteiger partial charge in [0, 0.05) is 6.61 Å². The summed E-state index contributed by atoms with van der Waals surface area (Å²) in [4.78, 5) is 14.4. The summed E-state index contributed by atoms with van der Waals surface area (Å²) < 4.78 is 43.0. The van der Waals surface area contributed by atoms with Gasteiger partial charge >= 0.3 is 12.1 Å². The molecule has 1 aliphatic heterocycles. The lowest BCUT2D eigenvalue weighted by Gasteiger charge is -2.24. The van der Waals surface area contributed by atoms with Gasteiger partial charge in [-0.2, -0.15) is 13.2 Å². The van der Waals surface area contributed by atoms with Crippen molar-refractivity contribution in [3.8, 4) is 0 Å². The van der Waals surface area contributed by atoms with Crippen LogP contribution in [0.4, 0.5) is 19.0 Å². The highest BCUT2D eigenvalue weighted by molar-refractivity contribution is 5.93. The zero-order chi connectivity index (χ0) is 14.8. The smallest absolute Gasteiger partial charge is 0.433 e. The van der Waals surface area contributed by atoms with Crippen molar-refractivity contribution in [2.45, 2.75) is 25.1 Å². The molecule has 2 rings (SSSR count). The Morgan fingerprint density at radius 2 is 2.20 bits per heavy atom. The summed E-state index contributed by atoms with van der Waals surface area (Å²) in [5.74, 6) is -1.60. The summed E-state index contributed by atoms with van der Waals surface area (Å²) in [6.45, 7) is 0.914. The Labute approximate surface area is 112 Å². The molecule has 1 aromatic heterocycles. The van der Waals surface area contributed by atoms with Crippen molar-refractivity contribution in [2.24, 2.45) is 0 Å². The molecular formula is C12H13F3N2O3. The molecule has 0 aliphatic carbocycles. The normalized spacial score (nSPS) is 19.6. The number of alkyl halides is 3. The van der Waals surface area contributed by atoms with E-state index >= 15 is 0 Å². The lowest BCUT2D eigenvalue weighted by molar-refractivity contribution is -0.141. The number of hydrogen-bond acceptors (Lipinski definition) is 4. The van der Waals surface area contributed by atoms with E-state index in [1.165, 1.54) is 0 Å². The summed E-state index contributed by atoms with van der Waals surface area (Å²) in [6, 6.07) is 1.33. The summed E-state index contributed by atoms with van der Waals surface area (Å²) in [7, 11) is 0. The number of rotatable bonds is 3. The minimum absolute atomic E-state index is 0.238. The first-order valence-electron chi connectivity index (χ1n) is 6.04. The highest BCUT2D eigenvalue weighted by atomic mass is 19.4. The van der Waals surface area contributed by atoms with Gasteiger partial charge in [-0.3, -0.25) is 0 Å². The first-order valence-corrected chi connectivity index (χ1v) is 6.04. The van der Waals surface area contributed by atoms with Crippen LogP contribution in [0.1, 0.15) is 28.9 Å². The first kappa shape index (κ1) is 14.6. The van der Waals surface area contributed by atoms with Crippen molar-refractivity contribution < 1.29 is 27.8 Å². The molecule has 1 aromatic rings. The average Bonchev–Trinajstić information content (AvgIpc) is 2.38. The number of hydrogen-bond donors (Lipinski definition) is 2. The molecule has 0 aromatic carbocycles. The fourth-order valence-corrected chi connectivity index (χ4v) is 1.95. The van der Waals surface area contributed by atoms with Gasteiger partial charge in [0.25, 0.3) is 0 Å². The Morgan fingerprint density at radius 3 is 2.75 bits per heavy atom. The van der Waals surface area contributed by atoms with Crippen molar-refractivity contribution in [1.29, 1.82) is 0 Å². The summed E-state index contributed by atoms with van der Waals surface area (Å²) >= 11 is 0. The molecule has 0 radical (unpaired) electrons. The van der Waals surface area contributed by atoms with E-state index in [2.05, 4.69) is 10.3 Å². The fourth-order valence-electron chi connectivity index (χ4n) is 1.95. The van der Waals surface area contributed by atoms with E-state index in [0.717, 1.165) is 12.5 Å². The summed E-state index contributed by atoms with van der Waals surface area (Å²) in [6.07, 6.45) is -3.16. The number of carbonyl (C=O) groups is 1. The number of aromatic carboxylic acids is 1. The van der Waals surface area contributed by atoms with Gasteiger partial charge in [0.15, 0.2) is 0 Å². The number of aromatic nitrogens is 1. The van der Waals surface area contributed by atoms with E-state index in [9.17, 15) is 18.0 Å². The van der Waals surface area contributed by atoms with Gasteiger partial charge < -0.3 is 15.2 Å². The number of nitrogens with one attached hydrogen (secondary N) is 1. The third-order valence-corrected chi connectivity index (χ3v) is 2.92. The molecule has 1 aliphatic rings. The van der Waals surface area contributed by atoms with Crippen molar-refractivity contribution in [2.75, 3.05) is 18.5 Å². The fraction of sp³-hybridized carbons (Fsp3) is 0.500. The molecule has 5 nitrogen and oxygen atoms in total. The molecule has 0 amide bonds. The zero-order valence-corrected chi connectivity index (χ0v) is 10.4. The second kappa shape index (κ2) is 5.66. The maximum absolute atomic E-state index is 12.6. The second-order valence-corrected chi connectivity index (χ2v) is 4.45. The zero-order valence-electron chi connectivity index (χ0n) is 10.4. The van der Waals surface area contributed by atoms with Crippen LogP contribution in [-0.2, 0) is 10.9 Å². The number of carboxylic acid groups (broad SMARTS) is 1. The SMILES string of the molecule is O=C(O)c1ccc(C(F)(F)F)nc1NC1CCCOC1. The van der Waals surface area contributed by atoms with Crippen LogP contribution in [0.2, 0.25) is 0 Å². The molecular weight excluding hydrogens is 277 g/mol. The van der Waals surface area contributed by atoms with Gasteiger partial charge in [-0.1, -0.05) is 0 Å². The topological polar surface area (TPSA) is 71.5 Å². The van der Waals surface area contributed by atoms with E-state index < -0.39 is 17.8 Å². The Kier molecular flexibility index (Phi) is 4.12. The predicted octanol–water partition coefficient (Wildman–Crippen LogP) is 2.39. The van der Waals surface area contributed by atoms with Crippen LogP contribution in [0, 0.1) is 0 Å². The van der Waals surface area contributed by atoms with Crippen LogP contribution in [0.15, 0.2) is 12.1 Å². The molecule has 1 atom stereocenters. The van der Waals surface area contributed by atoms with E-state index in [4.69, 9.17) is 9.84 Å². The van der Waals surface area contributed by atoms with E-state index in [0.29, 0.717) is 25.7 Å². The van der Waals surface area contributed by atoms with Crippen LogP contribution in [-0.4, -0.2) is 35.3 Å². The number of nitrogens with zero attached hydrogens (tertiary/aromatic N) is 1. The Bertz CT molecular complexity index is 499. The average molecular weight is 290 g/mol. The largest absolute Gasteiger partial charge is 0.478 e. The molecule has 2 heterocycles. The summed E-state index contributed by atoms with van der Waals surface area (Å²) in [5.41, 5.74) is -1.41. The van der Waals surface area contributed by atoms with Gasteiger partial charge in [0.05, 0.1) is 12.6 Å². The van der Waals surface area contributed by atoms with Crippen LogP contribution < -0.4 is 5.32 Å². The van der Waals surface area contributed by atoms with Gasteiger partial charge in [0.2, 0.25) is 0 Å². The lowest BCUT2D eigenvalue weighted by atomic mass is 10.1. The Hall–Kier alpha value is -1.83. The maximum Gasteiger partial charge on any atom is 0.433 e. The minimum Gasteiger partial charge on any atom is -0.478 e. The van der Waals surface area contributed by atoms with Crippen LogP contribution in [0.5, 0.6) is 0 Å². The second-order valence-electron chi connectivity index (χ2n) is 4.45. The quantitative estimate of drug-likeness (QED) is 0.894. The first-order chi connectivity index (χ1) is 9.38.